The van der Waals surface area contributed by atoms with Crippen molar-refractivity contribution in [2.24, 2.45) is 0 Å². The van der Waals surface area contributed by atoms with Crippen LogP contribution in [0.5, 0.6) is 5.75 Å². The summed E-state index contributed by atoms with van der Waals surface area (Å²) in [6, 6.07) is 2.03. The lowest BCUT2D eigenvalue weighted by atomic mass is 10.1. The second-order valence-corrected chi connectivity index (χ2v) is 2.78. The molecule has 2 nitrogen and oxygen atoms in total. The van der Waals surface area contributed by atoms with Gasteiger partial charge >= 0.3 is 0 Å². The van der Waals surface area contributed by atoms with E-state index in [1.165, 1.54) is 7.11 Å². The number of halogens is 2. The van der Waals surface area contributed by atoms with Crippen molar-refractivity contribution in [3.8, 4) is 5.75 Å². The van der Waals surface area contributed by atoms with Gasteiger partial charge in [0, 0.05) is 12.5 Å². The molecule has 0 aliphatic rings. The molecule has 1 aromatic carbocycles. The summed E-state index contributed by atoms with van der Waals surface area (Å²) in [6.45, 7) is 0. The van der Waals surface area contributed by atoms with Crippen LogP contribution in [0.2, 0.25) is 0 Å². The fraction of sp³-hybridized carbons (Fsp3) is 0.300. The molecule has 0 aliphatic carbocycles. The van der Waals surface area contributed by atoms with Crippen molar-refractivity contribution in [1.82, 2.24) is 0 Å². The molecular formula is C10H10F2O2. The minimum Gasteiger partial charge on any atom is -0.496 e. The van der Waals surface area contributed by atoms with Crippen molar-refractivity contribution < 1.29 is 18.3 Å². The molecule has 1 rings (SSSR count). The fourth-order valence-corrected chi connectivity index (χ4v) is 1.17. The third-order valence-electron chi connectivity index (χ3n) is 1.85. The Labute approximate surface area is 80.5 Å². The van der Waals surface area contributed by atoms with E-state index < -0.39 is 11.6 Å². The lowest BCUT2D eigenvalue weighted by molar-refractivity contribution is -0.107. The highest BCUT2D eigenvalue weighted by atomic mass is 19.2. The van der Waals surface area contributed by atoms with Crippen molar-refractivity contribution in [2.75, 3.05) is 7.11 Å². The molecule has 1 aromatic rings. The Morgan fingerprint density at radius 2 is 2.00 bits per heavy atom. The summed E-state index contributed by atoms with van der Waals surface area (Å²) in [7, 11) is 1.37. The lowest BCUT2D eigenvalue weighted by Gasteiger charge is -2.07. The molecule has 0 fully saturated rings. The number of carbonyl (C=O) groups is 1. The first-order valence-corrected chi connectivity index (χ1v) is 4.14. The summed E-state index contributed by atoms with van der Waals surface area (Å²) < 4.78 is 30.4. The minimum atomic E-state index is -0.947. The number of rotatable bonds is 4. The molecule has 0 bridgehead atoms. The molecule has 0 spiro atoms. The van der Waals surface area contributed by atoms with Gasteiger partial charge < -0.3 is 9.53 Å². The van der Waals surface area contributed by atoms with Gasteiger partial charge in [-0.15, -0.1) is 0 Å². The molecule has 0 aromatic heterocycles. The summed E-state index contributed by atoms with van der Waals surface area (Å²) in [5, 5.41) is 0. The summed E-state index contributed by atoms with van der Waals surface area (Å²) in [5.74, 6) is -1.60. The highest BCUT2D eigenvalue weighted by Crippen LogP contribution is 2.22. The maximum Gasteiger partial charge on any atom is 0.162 e. The summed E-state index contributed by atoms with van der Waals surface area (Å²) >= 11 is 0. The summed E-state index contributed by atoms with van der Waals surface area (Å²) in [4.78, 5) is 10.1. The van der Waals surface area contributed by atoms with E-state index in [0.717, 1.165) is 18.4 Å². The first-order chi connectivity index (χ1) is 6.69. The van der Waals surface area contributed by atoms with Gasteiger partial charge in [0.1, 0.15) is 12.0 Å². The van der Waals surface area contributed by atoms with Crippen molar-refractivity contribution >= 4 is 6.29 Å². The van der Waals surface area contributed by atoms with E-state index in [2.05, 4.69) is 0 Å². The van der Waals surface area contributed by atoms with E-state index >= 15 is 0 Å². The highest BCUT2D eigenvalue weighted by Gasteiger charge is 2.09. The molecule has 0 N–H and O–H groups in total. The zero-order chi connectivity index (χ0) is 10.6. The number of methoxy groups -OCH3 is 1. The van der Waals surface area contributed by atoms with Gasteiger partial charge in [-0.25, -0.2) is 8.78 Å². The number of hydrogen-bond acceptors (Lipinski definition) is 2. The molecule has 0 atom stereocenters. The molecular weight excluding hydrogens is 190 g/mol. The van der Waals surface area contributed by atoms with Crippen molar-refractivity contribution in [1.29, 1.82) is 0 Å². The summed E-state index contributed by atoms with van der Waals surface area (Å²) in [6.07, 6.45) is 1.34. The molecule has 0 unspecified atom stereocenters. The van der Waals surface area contributed by atoms with Crippen molar-refractivity contribution in [3.63, 3.8) is 0 Å². The third-order valence-corrected chi connectivity index (χ3v) is 1.85. The van der Waals surface area contributed by atoms with Crippen LogP contribution in [0.4, 0.5) is 8.78 Å². The number of hydrogen-bond donors (Lipinski definition) is 0. The minimum absolute atomic E-state index is 0.265. The molecule has 76 valence electrons. The number of ether oxygens (including phenoxy) is 1. The SMILES string of the molecule is COc1cc(F)c(F)cc1CCC=O. The normalized spacial score (nSPS) is 9.93. The maximum atomic E-state index is 12.8. The Kier molecular flexibility index (Phi) is 3.56. The average Bonchev–Trinajstić information content (AvgIpc) is 2.19. The van der Waals surface area contributed by atoms with Crippen LogP contribution < -0.4 is 4.74 Å². The number of benzene rings is 1. The van der Waals surface area contributed by atoms with Crippen LogP contribution >= 0.6 is 0 Å². The van der Waals surface area contributed by atoms with Gasteiger partial charge in [0.25, 0.3) is 0 Å². The van der Waals surface area contributed by atoms with Crippen molar-refractivity contribution in [3.05, 3.63) is 29.3 Å². The van der Waals surface area contributed by atoms with E-state index in [1.54, 1.807) is 0 Å². The van der Waals surface area contributed by atoms with Gasteiger partial charge in [-0.3, -0.25) is 0 Å². The van der Waals surface area contributed by atoms with Crippen LogP contribution in [0.1, 0.15) is 12.0 Å². The summed E-state index contributed by atoms with van der Waals surface area (Å²) in [5.41, 5.74) is 0.499. The Morgan fingerprint density at radius 1 is 1.36 bits per heavy atom. The van der Waals surface area contributed by atoms with Gasteiger partial charge in [-0.1, -0.05) is 0 Å². The number of aldehydes is 1. The van der Waals surface area contributed by atoms with Gasteiger partial charge in [0.05, 0.1) is 7.11 Å². The first kappa shape index (κ1) is 10.6. The molecule has 0 amide bonds. The predicted octanol–water partition coefficient (Wildman–Crippen LogP) is 2.10. The van der Waals surface area contributed by atoms with Crippen LogP contribution in [-0.4, -0.2) is 13.4 Å². The van der Waals surface area contributed by atoms with Gasteiger partial charge in [-0.05, 0) is 18.1 Å². The molecule has 0 radical (unpaired) electrons. The van der Waals surface area contributed by atoms with Crippen LogP contribution in [0.25, 0.3) is 0 Å². The zero-order valence-electron chi connectivity index (χ0n) is 7.72. The number of aryl methyl sites for hydroxylation is 1. The highest BCUT2D eigenvalue weighted by molar-refractivity contribution is 5.51. The second kappa shape index (κ2) is 4.69. The quantitative estimate of drug-likeness (QED) is 0.696. The molecule has 0 heterocycles. The zero-order valence-corrected chi connectivity index (χ0v) is 7.72. The molecule has 0 saturated carbocycles. The monoisotopic (exact) mass is 200 g/mol. The molecule has 14 heavy (non-hydrogen) atoms. The Bertz CT molecular complexity index is 337. The largest absolute Gasteiger partial charge is 0.496 e. The molecule has 0 saturated heterocycles. The van der Waals surface area contributed by atoms with Gasteiger partial charge in [0.2, 0.25) is 0 Å². The predicted molar refractivity (Wildman–Crippen MR) is 47.3 cm³/mol. The van der Waals surface area contributed by atoms with E-state index in [1.807, 2.05) is 0 Å². The van der Waals surface area contributed by atoms with Crippen molar-refractivity contribution in [2.45, 2.75) is 12.8 Å². The van der Waals surface area contributed by atoms with Gasteiger partial charge in [0.15, 0.2) is 11.6 Å². The smallest absolute Gasteiger partial charge is 0.162 e. The van der Waals surface area contributed by atoms with E-state index in [4.69, 9.17) is 4.74 Å². The lowest BCUT2D eigenvalue weighted by Crippen LogP contribution is -1.96. The standard InChI is InChI=1S/C10H10F2O2/c1-14-10-6-9(12)8(11)5-7(10)3-2-4-13/h4-6H,2-3H2,1H3. The maximum absolute atomic E-state index is 12.8. The van der Waals surface area contributed by atoms with E-state index in [9.17, 15) is 13.6 Å². The van der Waals surface area contributed by atoms with Crippen LogP contribution in [0, 0.1) is 11.6 Å². The molecule has 4 heteroatoms. The third kappa shape index (κ3) is 2.28. The Hall–Kier alpha value is -1.45. The van der Waals surface area contributed by atoms with Gasteiger partial charge in [-0.2, -0.15) is 0 Å². The van der Waals surface area contributed by atoms with Crippen LogP contribution in [0.15, 0.2) is 12.1 Å². The molecule has 0 aliphatic heterocycles. The van der Waals surface area contributed by atoms with Crippen LogP contribution in [-0.2, 0) is 11.2 Å². The van der Waals surface area contributed by atoms with E-state index in [0.29, 0.717) is 12.0 Å². The topological polar surface area (TPSA) is 26.3 Å². The number of carbonyl (C=O) groups excluding carboxylic acids is 1. The van der Waals surface area contributed by atoms with E-state index in [-0.39, 0.29) is 12.2 Å². The Morgan fingerprint density at radius 3 is 2.57 bits per heavy atom. The Balaban J connectivity index is 3.00. The first-order valence-electron chi connectivity index (χ1n) is 4.14. The average molecular weight is 200 g/mol. The fourth-order valence-electron chi connectivity index (χ4n) is 1.17. The second-order valence-electron chi connectivity index (χ2n) is 2.78. The van der Waals surface area contributed by atoms with Crippen LogP contribution in [0.3, 0.4) is 0 Å².